The van der Waals surface area contributed by atoms with Crippen LogP contribution >= 0.6 is 0 Å². The van der Waals surface area contributed by atoms with Crippen molar-refractivity contribution in [3.63, 3.8) is 0 Å². The van der Waals surface area contributed by atoms with Gasteiger partial charge in [0.05, 0.1) is 6.61 Å². The quantitative estimate of drug-likeness (QED) is 0.459. The molecule has 7 nitrogen and oxygen atoms in total. The third-order valence-electron chi connectivity index (χ3n) is 4.22. The van der Waals surface area contributed by atoms with E-state index in [0.717, 1.165) is 6.07 Å². The zero-order chi connectivity index (χ0) is 22.4. The topological polar surface area (TPSA) is 112 Å². The lowest BCUT2D eigenvalue weighted by Crippen LogP contribution is -2.20. The molecule has 1 heterocycles. The first-order valence-corrected chi connectivity index (χ1v) is 9.33. The van der Waals surface area contributed by atoms with E-state index in [1.807, 2.05) is 0 Å². The van der Waals surface area contributed by atoms with Crippen molar-refractivity contribution in [2.24, 2.45) is 0 Å². The lowest BCUT2D eigenvalue weighted by Gasteiger charge is -2.09. The van der Waals surface area contributed by atoms with Gasteiger partial charge in [0, 0.05) is 11.3 Å². The summed E-state index contributed by atoms with van der Waals surface area (Å²) < 4.78 is 23.5. The first-order valence-electron chi connectivity index (χ1n) is 9.33. The van der Waals surface area contributed by atoms with Gasteiger partial charge in [0.15, 0.2) is 0 Å². The minimum absolute atomic E-state index is 0.0678. The van der Waals surface area contributed by atoms with Crippen LogP contribution < -0.4 is 16.7 Å². The Bertz CT molecular complexity index is 1200. The maximum atomic E-state index is 13.2. The number of benzene rings is 2. The number of hydrogen-bond acceptors (Lipinski definition) is 6. The number of esters is 1. The Morgan fingerprint density at radius 3 is 2.55 bits per heavy atom. The fraction of sp³-hybridized carbons (Fsp3) is 0.0870. The van der Waals surface area contributed by atoms with Gasteiger partial charge in [-0.1, -0.05) is 24.3 Å². The highest BCUT2D eigenvalue weighted by Crippen LogP contribution is 2.20. The van der Waals surface area contributed by atoms with E-state index in [2.05, 4.69) is 5.32 Å². The molecule has 0 fully saturated rings. The second-order valence-electron chi connectivity index (χ2n) is 6.37. The summed E-state index contributed by atoms with van der Waals surface area (Å²) in [6, 6.07) is 13.3. The summed E-state index contributed by atoms with van der Waals surface area (Å²) >= 11 is 0. The van der Waals surface area contributed by atoms with Crippen molar-refractivity contribution >= 4 is 35.4 Å². The molecule has 0 aliphatic heterocycles. The number of halogens is 1. The molecular formula is C23H19FN2O5. The van der Waals surface area contributed by atoms with Crippen molar-refractivity contribution < 1.29 is 23.1 Å². The Morgan fingerprint density at radius 2 is 1.87 bits per heavy atom. The fourth-order valence-corrected chi connectivity index (χ4v) is 2.71. The molecule has 0 saturated heterocycles. The zero-order valence-electron chi connectivity index (χ0n) is 16.6. The number of anilines is 2. The molecule has 0 atom stereocenters. The number of nitrogen functional groups attached to an aromatic ring is 1. The Hall–Kier alpha value is -4.20. The van der Waals surface area contributed by atoms with Gasteiger partial charge in [-0.25, -0.2) is 14.0 Å². The molecule has 0 radical (unpaired) electrons. The molecule has 0 bridgehead atoms. The average Bonchev–Trinajstić information content (AvgIpc) is 2.75. The van der Waals surface area contributed by atoms with Crippen molar-refractivity contribution in [2.45, 2.75) is 6.92 Å². The summed E-state index contributed by atoms with van der Waals surface area (Å²) in [6.45, 7) is 1.72. The number of nitrogens with one attached hydrogen (secondary N) is 1. The van der Waals surface area contributed by atoms with Crippen LogP contribution in [0, 0.1) is 5.82 Å². The van der Waals surface area contributed by atoms with Crippen molar-refractivity contribution in [2.75, 3.05) is 17.7 Å². The highest BCUT2D eigenvalue weighted by atomic mass is 19.1. The van der Waals surface area contributed by atoms with Crippen molar-refractivity contribution in [3.8, 4) is 0 Å². The van der Waals surface area contributed by atoms with Gasteiger partial charge in [-0.05, 0) is 55.0 Å². The second-order valence-corrected chi connectivity index (χ2v) is 6.37. The zero-order valence-corrected chi connectivity index (χ0v) is 16.6. The number of ether oxygens (including phenoxy) is 1. The minimum atomic E-state index is -0.857. The van der Waals surface area contributed by atoms with Crippen molar-refractivity contribution in [1.29, 1.82) is 0 Å². The molecular weight excluding hydrogens is 403 g/mol. The fourth-order valence-electron chi connectivity index (χ4n) is 2.71. The summed E-state index contributed by atoms with van der Waals surface area (Å²) in [5, 5.41) is 2.44. The predicted molar refractivity (Wildman–Crippen MR) is 115 cm³/mol. The van der Waals surface area contributed by atoms with Crippen LogP contribution in [0.4, 0.5) is 15.8 Å². The highest BCUT2D eigenvalue weighted by Gasteiger charge is 2.19. The molecule has 8 heteroatoms. The van der Waals surface area contributed by atoms with E-state index in [-0.39, 0.29) is 29.3 Å². The van der Waals surface area contributed by atoms with Crippen LogP contribution in [0.1, 0.15) is 39.0 Å². The molecule has 0 aliphatic carbocycles. The summed E-state index contributed by atoms with van der Waals surface area (Å²) in [5.41, 5.74) is 5.59. The SMILES string of the molecule is CCOC(=O)c1cc(NC(=O)c2ccccc2)c(=O)oc1/C=C/c1ccc(F)cc1N. The highest BCUT2D eigenvalue weighted by molar-refractivity contribution is 6.05. The molecule has 0 saturated carbocycles. The molecule has 3 N–H and O–H groups in total. The maximum Gasteiger partial charge on any atom is 0.360 e. The predicted octanol–water partition coefficient (Wildman–Crippen LogP) is 3.96. The molecule has 1 aromatic heterocycles. The maximum absolute atomic E-state index is 13.2. The standard InChI is InChI=1S/C23H19FN2O5/c1-2-30-22(28)17-13-19(26-21(27)15-6-4-3-5-7-15)23(29)31-20(17)11-9-14-8-10-16(24)12-18(14)25/h3-13H,2,25H2,1H3,(H,26,27)/b11-9+. The van der Waals surface area contributed by atoms with Gasteiger partial charge < -0.3 is 20.2 Å². The van der Waals surface area contributed by atoms with Gasteiger partial charge in [-0.3, -0.25) is 4.79 Å². The van der Waals surface area contributed by atoms with Crippen LogP contribution in [0.2, 0.25) is 0 Å². The normalized spacial score (nSPS) is 10.8. The molecule has 0 aliphatic rings. The lowest BCUT2D eigenvalue weighted by atomic mass is 10.1. The Morgan fingerprint density at radius 1 is 1.13 bits per heavy atom. The summed E-state index contributed by atoms with van der Waals surface area (Å²) in [7, 11) is 0. The minimum Gasteiger partial charge on any atom is -0.462 e. The summed E-state index contributed by atoms with van der Waals surface area (Å²) in [5.74, 6) is -1.87. The van der Waals surface area contributed by atoms with Gasteiger partial charge in [0.1, 0.15) is 22.8 Å². The van der Waals surface area contributed by atoms with E-state index < -0.39 is 23.3 Å². The number of carbonyl (C=O) groups excluding carboxylic acids is 2. The number of amides is 1. The van der Waals surface area contributed by atoms with Gasteiger partial charge in [-0.2, -0.15) is 0 Å². The first-order chi connectivity index (χ1) is 14.9. The Labute approximate surface area is 177 Å². The first kappa shape index (κ1) is 21.5. The van der Waals surface area contributed by atoms with Gasteiger partial charge in [-0.15, -0.1) is 0 Å². The van der Waals surface area contributed by atoms with E-state index in [1.54, 1.807) is 37.3 Å². The Balaban J connectivity index is 1.98. The third-order valence-corrected chi connectivity index (χ3v) is 4.22. The summed E-state index contributed by atoms with van der Waals surface area (Å²) in [4.78, 5) is 37.2. The molecule has 1 amide bonds. The third kappa shape index (κ3) is 5.24. The van der Waals surface area contributed by atoms with E-state index in [4.69, 9.17) is 14.9 Å². The van der Waals surface area contributed by atoms with Crippen LogP contribution in [0.5, 0.6) is 0 Å². The Kier molecular flexibility index (Phi) is 6.61. The largest absolute Gasteiger partial charge is 0.462 e. The molecule has 2 aromatic carbocycles. The molecule has 0 spiro atoms. The molecule has 3 aromatic rings. The molecule has 0 unspecified atom stereocenters. The summed E-state index contributed by atoms with van der Waals surface area (Å²) in [6.07, 6.45) is 2.82. The van der Waals surface area contributed by atoms with Gasteiger partial charge >= 0.3 is 11.6 Å². The van der Waals surface area contributed by atoms with Crippen LogP contribution in [-0.2, 0) is 4.74 Å². The smallest absolute Gasteiger partial charge is 0.360 e. The number of nitrogens with two attached hydrogens (primary N) is 1. The second kappa shape index (κ2) is 9.53. The monoisotopic (exact) mass is 422 g/mol. The number of carbonyl (C=O) groups is 2. The number of rotatable bonds is 6. The van der Waals surface area contributed by atoms with Gasteiger partial charge in [0.25, 0.3) is 5.91 Å². The van der Waals surface area contributed by atoms with Crippen molar-refractivity contribution in [1.82, 2.24) is 0 Å². The van der Waals surface area contributed by atoms with E-state index in [9.17, 15) is 18.8 Å². The lowest BCUT2D eigenvalue weighted by molar-refractivity contribution is 0.0522. The molecule has 31 heavy (non-hydrogen) atoms. The van der Waals surface area contributed by atoms with Crippen molar-refractivity contribution in [3.05, 3.63) is 93.3 Å². The average molecular weight is 422 g/mol. The van der Waals surface area contributed by atoms with Crippen LogP contribution in [-0.4, -0.2) is 18.5 Å². The van der Waals surface area contributed by atoms with Crippen LogP contribution in [0.25, 0.3) is 12.2 Å². The van der Waals surface area contributed by atoms with E-state index >= 15 is 0 Å². The van der Waals surface area contributed by atoms with Crippen LogP contribution in [0.15, 0.2) is 63.8 Å². The molecule has 3 rings (SSSR count). The van der Waals surface area contributed by atoms with E-state index in [0.29, 0.717) is 11.1 Å². The van der Waals surface area contributed by atoms with E-state index in [1.165, 1.54) is 30.4 Å². The molecule has 158 valence electrons. The van der Waals surface area contributed by atoms with Gasteiger partial charge in [0.2, 0.25) is 0 Å². The number of hydrogen-bond donors (Lipinski definition) is 2. The van der Waals surface area contributed by atoms with Crippen LogP contribution in [0.3, 0.4) is 0 Å².